The van der Waals surface area contributed by atoms with Crippen molar-refractivity contribution in [1.29, 1.82) is 0 Å². The Morgan fingerprint density at radius 3 is 2.85 bits per heavy atom. The predicted molar refractivity (Wildman–Crippen MR) is 82.5 cm³/mol. The lowest BCUT2D eigenvalue weighted by atomic mass is 10.1. The van der Waals surface area contributed by atoms with E-state index in [0.717, 1.165) is 17.1 Å². The summed E-state index contributed by atoms with van der Waals surface area (Å²) in [5.74, 6) is -0.0512. The summed E-state index contributed by atoms with van der Waals surface area (Å²) in [5, 5.41) is 15.2. The highest BCUT2D eigenvalue weighted by molar-refractivity contribution is 7.13. The predicted octanol–water partition coefficient (Wildman–Crippen LogP) is 2.40. The molecule has 0 aliphatic carbocycles. The van der Waals surface area contributed by atoms with Crippen molar-refractivity contribution in [1.82, 2.24) is 10.3 Å². The average Bonchev–Trinajstić information content (AvgIpc) is 3.03. The smallest absolute Gasteiger partial charge is 0.263 e. The number of carbonyl (C=O) groups excluding carboxylic acids is 1. The Kier molecular flexibility index (Phi) is 5.28. The van der Waals surface area contributed by atoms with Crippen LogP contribution < -0.4 is 5.32 Å². The van der Waals surface area contributed by atoms with Crippen molar-refractivity contribution in [2.75, 3.05) is 13.2 Å². The molecule has 0 spiro atoms. The second kappa shape index (κ2) is 6.97. The van der Waals surface area contributed by atoms with Gasteiger partial charge in [-0.2, -0.15) is 0 Å². The number of carbonyl (C=O) groups is 1. The molecule has 0 bridgehead atoms. The molecule has 2 heterocycles. The van der Waals surface area contributed by atoms with Crippen LogP contribution in [-0.4, -0.2) is 29.1 Å². The molecule has 1 atom stereocenters. The number of aryl methyl sites for hydroxylation is 2. The number of aliphatic hydroxyl groups excluding tert-OH is 1. The van der Waals surface area contributed by atoms with Crippen molar-refractivity contribution in [3.63, 3.8) is 0 Å². The third kappa shape index (κ3) is 3.88. The molecule has 1 amide bonds. The Hall–Kier alpha value is -1.24. The third-order valence-corrected chi connectivity index (χ3v) is 4.96. The van der Waals surface area contributed by atoms with E-state index >= 15 is 0 Å². The van der Waals surface area contributed by atoms with E-state index in [2.05, 4.69) is 10.3 Å². The van der Waals surface area contributed by atoms with Gasteiger partial charge in [-0.05, 0) is 31.7 Å². The fourth-order valence-corrected chi connectivity index (χ4v) is 3.63. The van der Waals surface area contributed by atoms with Crippen LogP contribution >= 0.6 is 22.7 Å². The van der Waals surface area contributed by atoms with Crippen molar-refractivity contribution < 1.29 is 9.90 Å². The first-order chi connectivity index (χ1) is 9.60. The highest BCUT2D eigenvalue weighted by Crippen LogP contribution is 2.17. The third-order valence-electron chi connectivity index (χ3n) is 2.99. The summed E-state index contributed by atoms with van der Waals surface area (Å²) in [5.41, 5.74) is 0.767. The number of aliphatic hydroxyl groups is 1. The first-order valence-electron chi connectivity index (χ1n) is 6.45. The highest BCUT2D eigenvalue weighted by atomic mass is 32.1. The topological polar surface area (TPSA) is 62.2 Å². The normalized spacial score (nSPS) is 12.3. The summed E-state index contributed by atoms with van der Waals surface area (Å²) in [6, 6.07) is 4.04. The van der Waals surface area contributed by atoms with E-state index < -0.39 is 0 Å². The number of hydrogen-bond acceptors (Lipinski definition) is 5. The van der Waals surface area contributed by atoms with Crippen molar-refractivity contribution in [3.05, 3.63) is 38.0 Å². The summed E-state index contributed by atoms with van der Waals surface area (Å²) in [6.45, 7) is 4.28. The fraction of sp³-hybridized carbons (Fsp3) is 0.429. The molecule has 0 fully saturated rings. The second-order valence-electron chi connectivity index (χ2n) is 4.69. The number of thiazole rings is 1. The van der Waals surface area contributed by atoms with Crippen molar-refractivity contribution in [3.8, 4) is 0 Å². The lowest BCUT2D eigenvalue weighted by Gasteiger charge is -2.13. The summed E-state index contributed by atoms with van der Waals surface area (Å²) in [6.07, 6.45) is 0.787. The van der Waals surface area contributed by atoms with Gasteiger partial charge >= 0.3 is 0 Å². The molecule has 2 rings (SSSR count). The Labute approximate surface area is 126 Å². The van der Waals surface area contributed by atoms with Crippen LogP contribution in [0.2, 0.25) is 0 Å². The first-order valence-corrected chi connectivity index (χ1v) is 8.15. The zero-order valence-corrected chi connectivity index (χ0v) is 13.2. The summed E-state index contributed by atoms with van der Waals surface area (Å²) >= 11 is 3.07. The number of hydrogen-bond donors (Lipinski definition) is 2. The lowest BCUT2D eigenvalue weighted by molar-refractivity contribution is 0.0943. The maximum Gasteiger partial charge on any atom is 0.263 e. The number of rotatable bonds is 6. The van der Waals surface area contributed by atoms with Crippen LogP contribution in [-0.2, 0) is 6.42 Å². The zero-order valence-electron chi connectivity index (χ0n) is 11.5. The van der Waals surface area contributed by atoms with Gasteiger partial charge in [0.2, 0.25) is 0 Å². The minimum absolute atomic E-state index is 0.0481. The monoisotopic (exact) mass is 310 g/mol. The van der Waals surface area contributed by atoms with Crippen LogP contribution in [0.4, 0.5) is 0 Å². The lowest BCUT2D eigenvalue weighted by Crippen LogP contribution is -2.31. The molecule has 0 unspecified atom stereocenters. The largest absolute Gasteiger partial charge is 0.396 e. The van der Waals surface area contributed by atoms with Gasteiger partial charge < -0.3 is 10.4 Å². The van der Waals surface area contributed by atoms with Gasteiger partial charge in [0.15, 0.2) is 0 Å². The highest BCUT2D eigenvalue weighted by Gasteiger charge is 2.16. The van der Waals surface area contributed by atoms with E-state index in [1.807, 2.05) is 31.4 Å². The zero-order chi connectivity index (χ0) is 14.5. The Morgan fingerprint density at radius 1 is 1.50 bits per heavy atom. The number of thiophene rings is 1. The van der Waals surface area contributed by atoms with Crippen LogP contribution in [0.5, 0.6) is 0 Å². The maximum atomic E-state index is 12.1. The standard InChI is InChI=1S/C14H18N2O2S2/c1-9-13(20-10(2)16-9)14(18)15-7-11(8-17)6-12-4-3-5-19-12/h3-5,11,17H,6-8H2,1-2H3,(H,15,18)/t11-/m0/s1. The molecule has 0 aliphatic rings. The van der Waals surface area contributed by atoms with Gasteiger partial charge in [0.25, 0.3) is 5.91 Å². The second-order valence-corrected chi connectivity index (χ2v) is 6.92. The minimum Gasteiger partial charge on any atom is -0.396 e. The van der Waals surface area contributed by atoms with Gasteiger partial charge in [-0.1, -0.05) is 6.07 Å². The van der Waals surface area contributed by atoms with Crippen molar-refractivity contribution >= 4 is 28.6 Å². The average molecular weight is 310 g/mol. The molecule has 0 aliphatic heterocycles. The van der Waals surface area contributed by atoms with Crippen LogP contribution in [0.1, 0.15) is 25.3 Å². The van der Waals surface area contributed by atoms with E-state index in [9.17, 15) is 9.90 Å². The summed E-state index contributed by atoms with van der Waals surface area (Å²) in [4.78, 5) is 18.2. The molecule has 6 heteroatoms. The van der Waals surface area contributed by atoms with E-state index in [-0.39, 0.29) is 18.4 Å². The van der Waals surface area contributed by atoms with E-state index in [4.69, 9.17) is 0 Å². The van der Waals surface area contributed by atoms with Gasteiger partial charge in [-0.25, -0.2) is 4.98 Å². The van der Waals surface area contributed by atoms with Gasteiger partial charge in [0.1, 0.15) is 4.88 Å². The molecule has 0 saturated heterocycles. The number of aromatic nitrogens is 1. The molecule has 2 aromatic heterocycles. The minimum atomic E-state index is -0.0993. The maximum absolute atomic E-state index is 12.1. The van der Waals surface area contributed by atoms with Crippen LogP contribution in [0.15, 0.2) is 17.5 Å². The molecule has 4 nitrogen and oxygen atoms in total. The number of nitrogens with zero attached hydrogens (tertiary/aromatic N) is 1. The van der Waals surface area contributed by atoms with E-state index in [1.54, 1.807) is 11.3 Å². The van der Waals surface area contributed by atoms with E-state index in [1.165, 1.54) is 16.2 Å². The van der Waals surface area contributed by atoms with Crippen molar-refractivity contribution in [2.24, 2.45) is 5.92 Å². The van der Waals surface area contributed by atoms with Gasteiger partial charge in [0, 0.05) is 23.9 Å². The van der Waals surface area contributed by atoms with Crippen molar-refractivity contribution in [2.45, 2.75) is 20.3 Å². The molecular formula is C14H18N2O2S2. The molecule has 108 valence electrons. The number of amides is 1. The van der Waals surface area contributed by atoms with Crippen LogP contribution in [0, 0.1) is 19.8 Å². The fourth-order valence-electron chi connectivity index (χ4n) is 1.97. The molecule has 0 saturated carbocycles. The van der Waals surface area contributed by atoms with Crippen LogP contribution in [0.3, 0.4) is 0 Å². The Balaban J connectivity index is 1.89. The Bertz CT molecular complexity index is 564. The van der Waals surface area contributed by atoms with E-state index in [0.29, 0.717) is 11.4 Å². The molecule has 20 heavy (non-hydrogen) atoms. The Morgan fingerprint density at radius 2 is 2.30 bits per heavy atom. The molecular weight excluding hydrogens is 292 g/mol. The first kappa shape index (κ1) is 15.2. The van der Waals surface area contributed by atoms with Gasteiger partial charge in [0.05, 0.1) is 10.7 Å². The summed E-state index contributed by atoms with van der Waals surface area (Å²) < 4.78 is 0. The quantitative estimate of drug-likeness (QED) is 0.861. The molecule has 2 N–H and O–H groups in total. The summed E-state index contributed by atoms with van der Waals surface area (Å²) in [7, 11) is 0. The molecule has 0 aromatic carbocycles. The van der Waals surface area contributed by atoms with Gasteiger partial charge in [-0.3, -0.25) is 4.79 Å². The number of nitrogens with one attached hydrogen (secondary N) is 1. The molecule has 2 aromatic rings. The molecule has 0 radical (unpaired) electrons. The SMILES string of the molecule is Cc1nc(C)c(C(=O)NC[C@@H](CO)Cc2cccs2)s1. The van der Waals surface area contributed by atoms with Gasteiger partial charge in [-0.15, -0.1) is 22.7 Å². The van der Waals surface area contributed by atoms with Crippen LogP contribution in [0.25, 0.3) is 0 Å².